The summed E-state index contributed by atoms with van der Waals surface area (Å²) < 4.78 is 74.9. The molecule has 0 atom stereocenters. The molecule has 0 saturated carbocycles. The van der Waals surface area contributed by atoms with Crippen LogP contribution in [0.2, 0.25) is 0 Å². The Kier molecular flexibility index (Phi) is 4.75. The Bertz CT molecular complexity index is 1280. The highest BCUT2D eigenvalue weighted by atomic mass is 32.2. The molecule has 0 saturated heterocycles. The van der Waals surface area contributed by atoms with Crippen LogP contribution in [0.4, 0.5) is 13.2 Å². The molecule has 0 spiro atoms. The second-order valence-corrected chi connectivity index (χ2v) is 7.78. The van der Waals surface area contributed by atoms with Crippen LogP contribution < -0.4 is 4.18 Å². The predicted molar refractivity (Wildman–Crippen MR) is 99.0 cm³/mol. The normalized spacial score (nSPS) is 11.7. The van der Waals surface area contributed by atoms with Gasteiger partial charge in [0.2, 0.25) is 0 Å². The largest absolute Gasteiger partial charge is 0.382 e. The third kappa shape index (κ3) is 3.95. The number of hydrogen-bond donors (Lipinski definition) is 0. The molecule has 4 aromatic rings. The average Bonchev–Trinajstić information content (AvgIpc) is 3.09. The van der Waals surface area contributed by atoms with Crippen molar-refractivity contribution in [3.05, 3.63) is 83.7 Å². The molecule has 0 aliphatic heterocycles. The highest BCUT2D eigenvalue weighted by molar-refractivity contribution is 7.86. The van der Waals surface area contributed by atoms with Gasteiger partial charge in [0.05, 0.1) is 0 Å². The molecule has 9 heteroatoms. The fourth-order valence-electron chi connectivity index (χ4n) is 2.82. The molecule has 0 unspecified atom stereocenters. The van der Waals surface area contributed by atoms with Gasteiger partial charge in [0.1, 0.15) is 17.2 Å². The van der Waals surface area contributed by atoms with E-state index in [1.165, 1.54) is 18.2 Å². The highest BCUT2D eigenvalue weighted by Gasteiger charge is 2.19. The van der Waals surface area contributed by atoms with Gasteiger partial charge in [0.25, 0.3) is 0 Å². The molecular formula is C20H12F3NO4S. The summed E-state index contributed by atoms with van der Waals surface area (Å²) in [6.07, 6.45) is 0. The monoisotopic (exact) mass is 419 g/mol. The molecule has 5 nitrogen and oxygen atoms in total. The molecule has 0 N–H and O–H groups in total. The van der Waals surface area contributed by atoms with Crippen molar-refractivity contribution >= 4 is 21.1 Å². The van der Waals surface area contributed by atoms with Gasteiger partial charge >= 0.3 is 10.1 Å². The minimum absolute atomic E-state index is 0.00685. The van der Waals surface area contributed by atoms with Crippen molar-refractivity contribution in [1.82, 2.24) is 5.16 Å². The van der Waals surface area contributed by atoms with Gasteiger partial charge in [-0.2, -0.15) is 8.42 Å². The Morgan fingerprint density at radius 3 is 2.31 bits per heavy atom. The van der Waals surface area contributed by atoms with Crippen LogP contribution in [-0.2, 0) is 15.9 Å². The van der Waals surface area contributed by atoms with E-state index in [1.807, 2.05) is 0 Å². The number of rotatable bonds is 5. The molecule has 1 heterocycles. The van der Waals surface area contributed by atoms with E-state index in [4.69, 9.17) is 8.71 Å². The van der Waals surface area contributed by atoms with E-state index in [1.54, 1.807) is 30.3 Å². The zero-order valence-electron chi connectivity index (χ0n) is 14.6. The third-order valence-electron chi connectivity index (χ3n) is 4.11. The Morgan fingerprint density at radius 2 is 1.62 bits per heavy atom. The SMILES string of the molecule is O=S(=O)(Cc1ccccc1)Oc1ccc2c(-c3cc(F)c(F)c(F)c3)noc2c1. The van der Waals surface area contributed by atoms with Crippen molar-refractivity contribution in [3.8, 4) is 17.0 Å². The van der Waals surface area contributed by atoms with Crippen LogP contribution in [0.1, 0.15) is 5.56 Å². The summed E-state index contributed by atoms with van der Waals surface area (Å²) in [7, 11) is -3.92. The van der Waals surface area contributed by atoms with Crippen LogP contribution in [0.15, 0.2) is 65.2 Å². The number of aromatic nitrogens is 1. The van der Waals surface area contributed by atoms with Gasteiger partial charge in [-0.05, 0) is 29.8 Å². The van der Waals surface area contributed by atoms with Crippen molar-refractivity contribution in [1.29, 1.82) is 0 Å². The van der Waals surface area contributed by atoms with Gasteiger partial charge in [-0.1, -0.05) is 35.5 Å². The van der Waals surface area contributed by atoms with E-state index in [9.17, 15) is 21.6 Å². The Hall–Kier alpha value is -3.33. The first-order chi connectivity index (χ1) is 13.8. The number of nitrogens with zero attached hydrogens (tertiary/aromatic N) is 1. The van der Waals surface area contributed by atoms with Gasteiger partial charge in [0.15, 0.2) is 23.0 Å². The lowest BCUT2D eigenvalue weighted by molar-refractivity contribution is 0.446. The first kappa shape index (κ1) is 19.0. The molecule has 0 amide bonds. The summed E-state index contributed by atoms with van der Waals surface area (Å²) in [6, 6.07) is 14.2. The second-order valence-electron chi connectivity index (χ2n) is 6.21. The van der Waals surface area contributed by atoms with Gasteiger partial charge in [0, 0.05) is 17.0 Å². The van der Waals surface area contributed by atoms with Crippen LogP contribution in [0.25, 0.3) is 22.2 Å². The highest BCUT2D eigenvalue weighted by Crippen LogP contribution is 2.32. The van der Waals surface area contributed by atoms with Crippen molar-refractivity contribution in [2.45, 2.75) is 5.75 Å². The molecule has 4 rings (SSSR count). The van der Waals surface area contributed by atoms with E-state index in [-0.39, 0.29) is 28.3 Å². The third-order valence-corrected chi connectivity index (χ3v) is 5.24. The first-order valence-electron chi connectivity index (χ1n) is 8.33. The first-order valence-corrected chi connectivity index (χ1v) is 9.90. The topological polar surface area (TPSA) is 69.4 Å². The predicted octanol–water partition coefficient (Wildman–Crippen LogP) is 4.82. The standard InChI is InChI=1S/C20H12F3NO4S/c21-16-8-13(9-17(22)19(16)23)20-15-7-6-14(10-18(15)27-24-20)28-29(25,26)11-12-4-2-1-3-5-12/h1-10H,11H2. The molecule has 0 aliphatic carbocycles. The molecular weight excluding hydrogens is 407 g/mol. The smallest absolute Gasteiger partial charge is 0.313 e. The van der Waals surface area contributed by atoms with Crippen molar-refractivity contribution in [2.24, 2.45) is 0 Å². The summed E-state index contributed by atoms with van der Waals surface area (Å²) in [6.45, 7) is 0. The molecule has 0 fully saturated rings. The summed E-state index contributed by atoms with van der Waals surface area (Å²) >= 11 is 0. The molecule has 1 aromatic heterocycles. The van der Waals surface area contributed by atoms with Crippen LogP contribution in [0.5, 0.6) is 5.75 Å². The minimum atomic E-state index is -3.92. The Labute approximate surface area is 163 Å². The van der Waals surface area contributed by atoms with Crippen molar-refractivity contribution in [2.75, 3.05) is 0 Å². The lowest BCUT2D eigenvalue weighted by atomic mass is 10.1. The maximum Gasteiger partial charge on any atom is 0.313 e. The average molecular weight is 419 g/mol. The molecule has 29 heavy (non-hydrogen) atoms. The van der Waals surface area contributed by atoms with E-state index >= 15 is 0 Å². The lowest BCUT2D eigenvalue weighted by Gasteiger charge is -2.07. The second kappa shape index (κ2) is 7.25. The fraction of sp³-hybridized carbons (Fsp3) is 0.0500. The van der Waals surface area contributed by atoms with Crippen LogP contribution in [-0.4, -0.2) is 13.6 Å². The molecule has 148 valence electrons. The Balaban J connectivity index is 1.63. The van der Waals surface area contributed by atoms with E-state index in [2.05, 4.69) is 5.16 Å². The number of benzene rings is 3. The minimum Gasteiger partial charge on any atom is -0.382 e. The number of hydrogen-bond acceptors (Lipinski definition) is 5. The zero-order chi connectivity index (χ0) is 20.6. The molecule has 0 radical (unpaired) electrons. The van der Waals surface area contributed by atoms with Crippen LogP contribution in [0.3, 0.4) is 0 Å². The lowest BCUT2D eigenvalue weighted by Crippen LogP contribution is -2.11. The molecule has 0 aliphatic rings. The number of halogens is 3. The fourth-order valence-corrected chi connectivity index (χ4v) is 3.88. The van der Waals surface area contributed by atoms with Crippen LogP contribution >= 0.6 is 0 Å². The van der Waals surface area contributed by atoms with Crippen LogP contribution in [0, 0.1) is 17.5 Å². The summed E-state index contributed by atoms with van der Waals surface area (Å²) in [4.78, 5) is 0. The van der Waals surface area contributed by atoms with Crippen molar-refractivity contribution in [3.63, 3.8) is 0 Å². The van der Waals surface area contributed by atoms with E-state index in [0.29, 0.717) is 10.9 Å². The zero-order valence-corrected chi connectivity index (χ0v) is 15.4. The van der Waals surface area contributed by atoms with E-state index in [0.717, 1.165) is 12.1 Å². The maximum absolute atomic E-state index is 13.5. The van der Waals surface area contributed by atoms with Gasteiger partial charge < -0.3 is 8.71 Å². The van der Waals surface area contributed by atoms with Gasteiger partial charge in [-0.25, -0.2) is 13.2 Å². The quantitative estimate of drug-likeness (QED) is 0.343. The summed E-state index contributed by atoms with van der Waals surface area (Å²) in [5.41, 5.74) is 0.760. The molecule has 0 bridgehead atoms. The van der Waals surface area contributed by atoms with Crippen molar-refractivity contribution < 1.29 is 30.3 Å². The number of fused-ring (bicyclic) bond motifs is 1. The van der Waals surface area contributed by atoms with E-state index < -0.39 is 27.6 Å². The Morgan fingerprint density at radius 1 is 0.931 bits per heavy atom. The molecule has 3 aromatic carbocycles. The van der Waals surface area contributed by atoms with Gasteiger partial charge in [-0.3, -0.25) is 0 Å². The summed E-state index contributed by atoms with van der Waals surface area (Å²) in [5, 5.41) is 4.10. The van der Waals surface area contributed by atoms with Gasteiger partial charge in [-0.15, -0.1) is 0 Å². The summed E-state index contributed by atoms with van der Waals surface area (Å²) in [5.74, 6) is -4.62. The maximum atomic E-state index is 13.5.